The Kier molecular flexibility index (Phi) is 4.05. The second kappa shape index (κ2) is 5.11. The molecule has 0 radical (unpaired) electrons. The lowest BCUT2D eigenvalue weighted by atomic mass is 10.4. The van der Waals surface area contributed by atoms with Crippen molar-refractivity contribution in [2.24, 2.45) is 0 Å². The van der Waals surface area contributed by atoms with Crippen molar-refractivity contribution in [2.45, 2.75) is 20.4 Å². The molecule has 1 aromatic heterocycles. The van der Waals surface area contributed by atoms with E-state index in [1.54, 1.807) is 11.6 Å². The van der Waals surface area contributed by atoms with Crippen molar-refractivity contribution in [3.63, 3.8) is 0 Å². The molecule has 0 aliphatic rings. The summed E-state index contributed by atoms with van der Waals surface area (Å²) in [5, 5.41) is 17.9. The Bertz CT molecular complexity index is 427. The summed E-state index contributed by atoms with van der Waals surface area (Å²) in [6.07, 6.45) is 0. The average molecular weight is 289 g/mol. The zero-order valence-corrected chi connectivity index (χ0v) is 10.7. The number of nitrogens with one attached hydrogen (secondary N) is 1. The lowest BCUT2D eigenvalue weighted by Crippen LogP contribution is -2.09. The normalized spacial score (nSPS) is 10.2. The Morgan fingerprint density at radius 2 is 2.38 bits per heavy atom. The van der Waals surface area contributed by atoms with Gasteiger partial charge in [-0.3, -0.25) is 10.1 Å². The van der Waals surface area contributed by atoms with Gasteiger partial charge in [-0.15, -0.1) is 0 Å². The van der Waals surface area contributed by atoms with Crippen molar-refractivity contribution in [1.82, 2.24) is 9.78 Å². The number of aryl methyl sites for hydroxylation is 2. The standard InChI is InChI=1S/C9H13BrN4O2/c1-4-13-9(11-5-6(2)10)8(14(15)16)7(3)12-13/h11H,2,4-5H2,1,3H3. The molecule has 1 N–H and O–H groups in total. The number of halogens is 1. The van der Waals surface area contributed by atoms with E-state index in [1.165, 1.54) is 0 Å². The number of hydrogen-bond donors (Lipinski definition) is 1. The molecule has 0 amide bonds. The maximum Gasteiger partial charge on any atom is 0.333 e. The van der Waals surface area contributed by atoms with Gasteiger partial charge < -0.3 is 5.32 Å². The van der Waals surface area contributed by atoms with Crippen LogP contribution in [0.15, 0.2) is 11.1 Å². The van der Waals surface area contributed by atoms with Gasteiger partial charge in [0.2, 0.25) is 5.82 Å². The van der Waals surface area contributed by atoms with E-state index in [-0.39, 0.29) is 5.69 Å². The van der Waals surface area contributed by atoms with Crippen LogP contribution in [0.5, 0.6) is 0 Å². The van der Waals surface area contributed by atoms with E-state index < -0.39 is 4.92 Å². The highest BCUT2D eigenvalue weighted by Crippen LogP contribution is 2.28. The summed E-state index contributed by atoms with van der Waals surface area (Å²) in [5.41, 5.74) is 0.435. The van der Waals surface area contributed by atoms with Crippen molar-refractivity contribution < 1.29 is 4.92 Å². The van der Waals surface area contributed by atoms with Crippen LogP contribution in [0.3, 0.4) is 0 Å². The first-order valence-corrected chi connectivity index (χ1v) is 5.55. The molecule has 88 valence electrons. The minimum atomic E-state index is -0.423. The Morgan fingerprint density at radius 3 is 2.81 bits per heavy atom. The molecule has 0 aliphatic heterocycles. The van der Waals surface area contributed by atoms with Gasteiger partial charge in [0.25, 0.3) is 0 Å². The minimum Gasteiger partial charge on any atom is -0.360 e. The van der Waals surface area contributed by atoms with Crippen molar-refractivity contribution in [1.29, 1.82) is 0 Å². The van der Waals surface area contributed by atoms with Gasteiger partial charge in [0.05, 0.1) is 4.92 Å². The molecule has 0 spiro atoms. The third-order valence-electron chi connectivity index (χ3n) is 2.03. The van der Waals surface area contributed by atoms with E-state index in [0.717, 1.165) is 4.48 Å². The highest BCUT2D eigenvalue weighted by Gasteiger charge is 2.24. The van der Waals surface area contributed by atoms with Crippen LogP contribution in [0, 0.1) is 17.0 Å². The van der Waals surface area contributed by atoms with E-state index in [9.17, 15) is 10.1 Å². The molecule has 16 heavy (non-hydrogen) atoms. The number of nitrogens with zero attached hydrogens (tertiary/aromatic N) is 3. The lowest BCUT2D eigenvalue weighted by Gasteiger charge is -2.06. The zero-order chi connectivity index (χ0) is 12.3. The predicted molar refractivity (Wildman–Crippen MR) is 65.8 cm³/mol. The predicted octanol–water partition coefficient (Wildman–Crippen LogP) is 2.44. The molecule has 0 atom stereocenters. The van der Waals surface area contributed by atoms with Crippen LogP contribution in [0.2, 0.25) is 0 Å². The summed E-state index contributed by atoms with van der Waals surface area (Å²) in [7, 11) is 0. The minimum absolute atomic E-state index is 0.0237. The quantitative estimate of drug-likeness (QED) is 0.667. The SMILES string of the molecule is C=C(Br)CNc1c([N+](=O)[O-])c(C)nn1CC. The smallest absolute Gasteiger partial charge is 0.333 e. The van der Waals surface area contributed by atoms with Crippen molar-refractivity contribution in [3.8, 4) is 0 Å². The first-order chi connectivity index (χ1) is 7.47. The van der Waals surface area contributed by atoms with Gasteiger partial charge in [-0.2, -0.15) is 5.10 Å². The number of rotatable bonds is 5. The molecule has 0 aromatic carbocycles. The van der Waals surface area contributed by atoms with Crippen molar-refractivity contribution in [2.75, 3.05) is 11.9 Å². The highest BCUT2D eigenvalue weighted by atomic mass is 79.9. The maximum atomic E-state index is 10.9. The average Bonchev–Trinajstić information content (AvgIpc) is 2.51. The van der Waals surface area contributed by atoms with Gasteiger partial charge in [-0.05, 0) is 13.8 Å². The second-order valence-corrected chi connectivity index (χ2v) is 4.35. The largest absolute Gasteiger partial charge is 0.360 e. The summed E-state index contributed by atoms with van der Waals surface area (Å²) >= 11 is 3.19. The van der Waals surface area contributed by atoms with Crippen molar-refractivity contribution in [3.05, 3.63) is 26.9 Å². The molecule has 0 bridgehead atoms. The lowest BCUT2D eigenvalue weighted by molar-refractivity contribution is -0.384. The summed E-state index contributed by atoms with van der Waals surface area (Å²) in [4.78, 5) is 10.5. The molecule has 0 aliphatic carbocycles. The zero-order valence-electron chi connectivity index (χ0n) is 9.16. The third kappa shape index (κ3) is 2.60. The molecule has 0 saturated carbocycles. The summed E-state index contributed by atoms with van der Waals surface area (Å²) < 4.78 is 2.30. The van der Waals surface area contributed by atoms with Gasteiger partial charge in [-0.25, -0.2) is 4.68 Å². The first kappa shape index (κ1) is 12.7. The Labute approximate surface area is 102 Å². The molecule has 0 saturated heterocycles. The monoisotopic (exact) mass is 288 g/mol. The Morgan fingerprint density at radius 1 is 1.75 bits per heavy atom. The van der Waals surface area contributed by atoms with Gasteiger partial charge in [0.15, 0.2) is 0 Å². The summed E-state index contributed by atoms with van der Waals surface area (Å²) in [6.45, 7) is 8.16. The number of hydrogen-bond acceptors (Lipinski definition) is 4. The molecule has 6 nitrogen and oxygen atoms in total. The fourth-order valence-electron chi connectivity index (χ4n) is 1.37. The topological polar surface area (TPSA) is 73.0 Å². The molecule has 0 fully saturated rings. The van der Waals surface area contributed by atoms with E-state index in [0.29, 0.717) is 24.6 Å². The maximum absolute atomic E-state index is 10.9. The molecule has 0 unspecified atom stereocenters. The van der Waals surface area contributed by atoms with Crippen LogP contribution in [-0.2, 0) is 6.54 Å². The summed E-state index contributed by atoms with van der Waals surface area (Å²) in [6, 6.07) is 0. The van der Waals surface area contributed by atoms with Crippen LogP contribution in [0.4, 0.5) is 11.5 Å². The van der Waals surface area contributed by atoms with Gasteiger partial charge in [-0.1, -0.05) is 22.5 Å². The van der Waals surface area contributed by atoms with Crippen molar-refractivity contribution >= 4 is 27.4 Å². The Hall–Kier alpha value is -1.37. The van der Waals surface area contributed by atoms with Crippen LogP contribution >= 0.6 is 15.9 Å². The van der Waals surface area contributed by atoms with Crippen LogP contribution < -0.4 is 5.32 Å². The highest BCUT2D eigenvalue weighted by molar-refractivity contribution is 9.11. The second-order valence-electron chi connectivity index (χ2n) is 3.23. The number of aromatic nitrogens is 2. The summed E-state index contributed by atoms with van der Waals surface area (Å²) in [5.74, 6) is 0.422. The number of nitro groups is 1. The van der Waals surface area contributed by atoms with Crippen LogP contribution in [0.25, 0.3) is 0 Å². The van der Waals surface area contributed by atoms with Gasteiger partial charge in [0.1, 0.15) is 5.69 Å². The first-order valence-electron chi connectivity index (χ1n) is 4.76. The Balaban J connectivity index is 3.11. The molecule has 1 aromatic rings. The number of anilines is 1. The fraction of sp³-hybridized carbons (Fsp3) is 0.444. The molecule has 1 rings (SSSR count). The van der Waals surface area contributed by atoms with Gasteiger partial charge in [0, 0.05) is 17.6 Å². The van der Waals surface area contributed by atoms with Crippen LogP contribution in [-0.4, -0.2) is 21.2 Å². The third-order valence-corrected chi connectivity index (χ3v) is 2.31. The van der Waals surface area contributed by atoms with E-state index in [4.69, 9.17) is 0 Å². The molecular weight excluding hydrogens is 276 g/mol. The fourth-order valence-corrected chi connectivity index (χ4v) is 1.51. The molecule has 7 heteroatoms. The molecular formula is C9H13BrN4O2. The van der Waals surface area contributed by atoms with E-state index in [2.05, 4.69) is 32.9 Å². The molecule has 1 heterocycles. The van der Waals surface area contributed by atoms with E-state index >= 15 is 0 Å². The van der Waals surface area contributed by atoms with Gasteiger partial charge >= 0.3 is 5.69 Å². The van der Waals surface area contributed by atoms with Crippen LogP contribution in [0.1, 0.15) is 12.6 Å². The van der Waals surface area contributed by atoms with E-state index in [1.807, 2.05) is 6.92 Å².